The van der Waals surface area contributed by atoms with Crippen LogP contribution in [0, 0.1) is 0 Å². The first kappa shape index (κ1) is 11.5. The van der Waals surface area contributed by atoms with E-state index in [-0.39, 0.29) is 5.84 Å². The number of nitrogens with zero attached hydrogens (tertiary/aromatic N) is 4. The Bertz CT molecular complexity index is 598. The predicted octanol–water partition coefficient (Wildman–Crippen LogP) is 1.09. The van der Waals surface area contributed by atoms with Gasteiger partial charge in [-0.1, -0.05) is 29.4 Å². The Labute approximate surface area is 110 Å². The zero-order valence-electron chi connectivity index (χ0n) is 10.2. The topological polar surface area (TPSA) is 87.6 Å². The molecule has 0 radical (unpaired) electrons. The maximum absolute atomic E-state index is 8.57. The number of rotatable bonds is 2. The van der Waals surface area contributed by atoms with Crippen LogP contribution in [0.1, 0.15) is 16.8 Å². The fourth-order valence-electron chi connectivity index (χ4n) is 2.16. The molecule has 0 amide bonds. The molecule has 96 valence electrons. The van der Waals surface area contributed by atoms with Gasteiger partial charge in [0.1, 0.15) is 11.5 Å². The molecule has 0 atom stereocenters. The van der Waals surface area contributed by atoms with Gasteiger partial charge in [-0.3, -0.25) is 0 Å². The van der Waals surface area contributed by atoms with Gasteiger partial charge in [0.15, 0.2) is 5.84 Å². The number of hydrogen-bond acceptors (Lipinski definition) is 5. The molecule has 0 bridgehead atoms. The van der Waals surface area contributed by atoms with Crippen molar-refractivity contribution in [3.63, 3.8) is 0 Å². The molecule has 2 aromatic rings. The number of nitrogens with two attached hydrogens (primary N) is 1. The molecule has 0 fully saturated rings. The minimum atomic E-state index is -0.0382. The fraction of sp³-hybridized carbons (Fsp3) is 0.154. The van der Waals surface area contributed by atoms with Gasteiger partial charge in [0.2, 0.25) is 0 Å². The van der Waals surface area contributed by atoms with Crippen LogP contribution in [-0.4, -0.2) is 21.0 Å². The molecule has 2 heterocycles. The Morgan fingerprint density at radius 1 is 1.16 bits per heavy atom. The van der Waals surface area contributed by atoms with E-state index in [9.17, 15) is 0 Å². The monoisotopic (exact) mass is 255 g/mol. The van der Waals surface area contributed by atoms with Crippen LogP contribution in [0.2, 0.25) is 0 Å². The summed E-state index contributed by atoms with van der Waals surface area (Å²) in [5.41, 5.74) is 8.43. The van der Waals surface area contributed by atoms with E-state index in [0.29, 0.717) is 5.69 Å². The molecule has 6 nitrogen and oxygen atoms in total. The Morgan fingerprint density at radius 3 is 2.37 bits per heavy atom. The van der Waals surface area contributed by atoms with Crippen molar-refractivity contribution in [2.75, 3.05) is 4.90 Å². The number of hydrogen-bond donors (Lipinski definition) is 2. The van der Waals surface area contributed by atoms with Gasteiger partial charge in [0, 0.05) is 13.1 Å². The van der Waals surface area contributed by atoms with Gasteiger partial charge in [0.05, 0.1) is 12.4 Å². The largest absolute Gasteiger partial charge is 0.409 e. The molecule has 0 unspecified atom stereocenters. The van der Waals surface area contributed by atoms with Gasteiger partial charge in [-0.15, -0.1) is 0 Å². The molecular weight excluding hydrogens is 242 g/mol. The van der Waals surface area contributed by atoms with Gasteiger partial charge >= 0.3 is 0 Å². The van der Waals surface area contributed by atoms with E-state index in [0.717, 1.165) is 18.9 Å². The van der Waals surface area contributed by atoms with Crippen LogP contribution in [0.4, 0.5) is 5.82 Å². The second kappa shape index (κ2) is 4.56. The summed E-state index contributed by atoms with van der Waals surface area (Å²) in [6.07, 6.45) is 3.15. The average molecular weight is 255 g/mol. The van der Waals surface area contributed by atoms with Gasteiger partial charge in [-0.05, 0) is 11.1 Å². The van der Waals surface area contributed by atoms with Gasteiger partial charge in [0.25, 0.3) is 0 Å². The minimum absolute atomic E-state index is 0.0382. The zero-order valence-corrected chi connectivity index (χ0v) is 10.2. The van der Waals surface area contributed by atoms with Gasteiger partial charge in [-0.25, -0.2) is 9.97 Å². The average Bonchev–Trinajstić information content (AvgIpc) is 2.90. The Kier molecular flexibility index (Phi) is 2.75. The van der Waals surface area contributed by atoms with Crippen molar-refractivity contribution in [1.29, 1.82) is 0 Å². The van der Waals surface area contributed by atoms with Gasteiger partial charge in [-0.2, -0.15) is 0 Å². The third-order valence-corrected chi connectivity index (χ3v) is 3.17. The normalized spacial score (nSPS) is 14.5. The molecule has 0 aliphatic carbocycles. The maximum atomic E-state index is 8.57. The molecule has 3 N–H and O–H groups in total. The second-order valence-corrected chi connectivity index (χ2v) is 4.37. The zero-order chi connectivity index (χ0) is 13.2. The summed E-state index contributed by atoms with van der Waals surface area (Å²) in [6.45, 7) is 1.65. The van der Waals surface area contributed by atoms with E-state index in [4.69, 9.17) is 10.9 Å². The summed E-state index contributed by atoms with van der Waals surface area (Å²) in [4.78, 5) is 10.6. The van der Waals surface area contributed by atoms with E-state index in [1.54, 1.807) is 6.20 Å². The first-order valence-corrected chi connectivity index (χ1v) is 5.89. The van der Waals surface area contributed by atoms with Crippen molar-refractivity contribution in [2.45, 2.75) is 13.1 Å². The highest BCUT2D eigenvalue weighted by atomic mass is 16.4. The van der Waals surface area contributed by atoms with E-state index in [1.165, 1.54) is 17.3 Å². The third-order valence-electron chi connectivity index (χ3n) is 3.17. The Morgan fingerprint density at radius 2 is 1.84 bits per heavy atom. The molecular formula is C13H13N5O. The van der Waals surface area contributed by atoms with Crippen molar-refractivity contribution < 1.29 is 5.21 Å². The van der Waals surface area contributed by atoms with Crippen LogP contribution >= 0.6 is 0 Å². The van der Waals surface area contributed by atoms with Crippen LogP contribution in [-0.2, 0) is 13.1 Å². The summed E-state index contributed by atoms with van der Waals surface area (Å²) in [7, 11) is 0. The fourth-order valence-corrected chi connectivity index (χ4v) is 2.16. The number of aromatic nitrogens is 2. The van der Waals surface area contributed by atoms with Crippen LogP contribution < -0.4 is 10.6 Å². The standard InChI is InChI=1S/C13H13N5O/c14-13(17-19)11-5-16-12(6-15-11)18-7-9-3-1-2-4-10(9)8-18/h1-6,19H,7-8H2,(H2,14,17). The van der Waals surface area contributed by atoms with E-state index < -0.39 is 0 Å². The lowest BCUT2D eigenvalue weighted by Crippen LogP contribution is -2.19. The second-order valence-electron chi connectivity index (χ2n) is 4.37. The molecule has 6 heteroatoms. The van der Waals surface area contributed by atoms with Crippen molar-refractivity contribution in [3.05, 3.63) is 53.5 Å². The van der Waals surface area contributed by atoms with Gasteiger partial charge < -0.3 is 15.8 Å². The molecule has 0 spiro atoms. The molecule has 1 aromatic heterocycles. The first-order chi connectivity index (χ1) is 9.28. The smallest absolute Gasteiger partial charge is 0.190 e. The lowest BCUT2D eigenvalue weighted by Gasteiger charge is -2.15. The highest BCUT2D eigenvalue weighted by Gasteiger charge is 2.19. The maximum Gasteiger partial charge on any atom is 0.190 e. The highest BCUT2D eigenvalue weighted by molar-refractivity contribution is 5.94. The lowest BCUT2D eigenvalue weighted by molar-refractivity contribution is 0.318. The van der Waals surface area contributed by atoms with Crippen LogP contribution in [0.15, 0.2) is 41.8 Å². The molecule has 3 rings (SSSR count). The number of oxime groups is 1. The summed E-state index contributed by atoms with van der Waals surface area (Å²) in [5, 5.41) is 11.5. The minimum Gasteiger partial charge on any atom is -0.409 e. The number of benzene rings is 1. The summed E-state index contributed by atoms with van der Waals surface area (Å²) >= 11 is 0. The predicted molar refractivity (Wildman–Crippen MR) is 70.9 cm³/mol. The van der Waals surface area contributed by atoms with Crippen molar-refractivity contribution >= 4 is 11.7 Å². The van der Waals surface area contributed by atoms with E-state index >= 15 is 0 Å². The SMILES string of the molecule is NC(=NO)c1cnc(N2Cc3ccccc3C2)cn1. The molecule has 1 aliphatic heterocycles. The molecule has 1 aliphatic rings. The number of fused-ring (bicyclic) bond motifs is 1. The van der Waals surface area contributed by atoms with Crippen LogP contribution in [0.5, 0.6) is 0 Å². The van der Waals surface area contributed by atoms with Crippen LogP contribution in [0.3, 0.4) is 0 Å². The van der Waals surface area contributed by atoms with Crippen molar-refractivity contribution in [3.8, 4) is 0 Å². The van der Waals surface area contributed by atoms with Crippen LogP contribution in [0.25, 0.3) is 0 Å². The molecule has 0 saturated heterocycles. The van der Waals surface area contributed by atoms with Crippen molar-refractivity contribution in [2.24, 2.45) is 10.9 Å². The Hall–Kier alpha value is -2.63. The summed E-state index contributed by atoms with van der Waals surface area (Å²) < 4.78 is 0. The summed E-state index contributed by atoms with van der Waals surface area (Å²) in [6, 6.07) is 8.31. The number of anilines is 1. The van der Waals surface area contributed by atoms with E-state index in [1.807, 2.05) is 12.1 Å². The molecule has 0 saturated carbocycles. The lowest BCUT2D eigenvalue weighted by atomic mass is 10.1. The molecule has 1 aromatic carbocycles. The quantitative estimate of drug-likeness (QED) is 0.363. The van der Waals surface area contributed by atoms with Crippen molar-refractivity contribution in [1.82, 2.24) is 9.97 Å². The highest BCUT2D eigenvalue weighted by Crippen LogP contribution is 2.25. The van der Waals surface area contributed by atoms with E-state index in [2.05, 4.69) is 32.2 Å². The number of amidine groups is 1. The summed E-state index contributed by atoms with van der Waals surface area (Å²) in [5.74, 6) is 0.745. The third kappa shape index (κ3) is 2.08. The first-order valence-electron chi connectivity index (χ1n) is 5.89. The molecule has 19 heavy (non-hydrogen) atoms. The Balaban J connectivity index is 1.82.